The van der Waals surface area contributed by atoms with E-state index in [1.807, 2.05) is 0 Å². The lowest BCUT2D eigenvalue weighted by Crippen LogP contribution is -2.28. The molecule has 2 aromatic carbocycles. The van der Waals surface area contributed by atoms with E-state index in [9.17, 15) is 9.59 Å². The molecule has 0 saturated heterocycles. The van der Waals surface area contributed by atoms with Gasteiger partial charge in [-0.3, -0.25) is 9.78 Å². The molecule has 0 saturated carbocycles. The topological polar surface area (TPSA) is 71.1 Å². The fourth-order valence-corrected chi connectivity index (χ4v) is 1.99. The fraction of sp³-hybridized carbons (Fsp3) is 0.273. The Hall–Kier alpha value is -2.96. The van der Waals surface area contributed by atoms with E-state index >= 15 is 0 Å². The Balaban J connectivity index is 1.86. The van der Waals surface area contributed by atoms with Crippen molar-refractivity contribution in [1.82, 2.24) is 0 Å². The summed E-state index contributed by atoms with van der Waals surface area (Å²) in [6, 6.07) is 17.1. The minimum atomic E-state index is -0.922. The van der Waals surface area contributed by atoms with Crippen molar-refractivity contribution >= 4 is 11.9 Å². The zero-order chi connectivity index (χ0) is 20.6. The van der Waals surface area contributed by atoms with Gasteiger partial charge in [-0.15, -0.1) is 0 Å². The van der Waals surface area contributed by atoms with Crippen molar-refractivity contribution in [2.45, 2.75) is 38.9 Å². The van der Waals surface area contributed by atoms with Gasteiger partial charge < -0.3 is 0 Å². The first kappa shape index (κ1) is 21.3. The van der Waals surface area contributed by atoms with E-state index in [2.05, 4.69) is 0 Å². The van der Waals surface area contributed by atoms with Crippen molar-refractivity contribution in [2.24, 2.45) is 0 Å². The Labute approximate surface area is 164 Å². The van der Waals surface area contributed by atoms with Crippen molar-refractivity contribution in [3.05, 3.63) is 83.9 Å². The quantitative estimate of drug-likeness (QED) is 0.374. The summed E-state index contributed by atoms with van der Waals surface area (Å²) < 4.78 is 0. The summed E-state index contributed by atoms with van der Waals surface area (Å²) in [7, 11) is 0. The molecule has 28 heavy (non-hydrogen) atoms. The molecule has 0 aromatic heterocycles. The summed E-state index contributed by atoms with van der Waals surface area (Å²) in [4.78, 5) is 44.2. The molecule has 6 heteroatoms. The maximum atomic E-state index is 12.0. The summed E-state index contributed by atoms with van der Waals surface area (Å²) in [5.74, 6) is -1.18. The number of hydrogen-bond donors (Lipinski definition) is 0. The van der Waals surface area contributed by atoms with Gasteiger partial charge in [0.25, 0.3) is 0 Å². The SMILES string of the molecule is CC(C)(C=CC(C)(C)OOC(=O)c1ccccc1)OOC(=O)c1ccccc1. The highest BCUT2D eigenvalue weighted by Crippen LogP contribution is 2.19. The molecule has 0 radical (unpaired) electrons. The maximum absolute atomic E-state index is 12.0. The summed E-state index contributed by atoms with van der Waals surface area (Å²) in [6.07, 6.45) is 3.31. The predicted octanol–water partition coefficient (Wildman–Crippen LogP) is 4.68. The van der Waals surface area contributed by atoms with Crippen LogP contribution in [0.4, 0.5) is 0 Å². The Bertz CT molecular complexity index is 740. The third-order valence-corrected chi connectivity index (χ3v) is 3.57. The average molecular weight is 384 g/mol. The van der Waals surface area contributed by atoms with Gasteiger partial charge in [0.05, 0.1) is 11.1 Å². The molecule has 0 atom stereocenters. The second-order valence-corrected chi connectivity index (χ2v) is 7.18. The smallest absolute Gasteiger partial charge is 0.292 e. The van der Waals surface area contributed by atoms with Gasteiger partial charge in [-0.25, -0.2) is 9.59 Å². The summed E-state index contributed by atoms with van der Waals surface area (Å²) in [5, 5.41) is 0. The Kier molecular flexibility index (Phi) is 7.09. The largest absolute Gasteiger partial charge is 0.373 e. The summed E-state index contributed by atoms with van der Waals surface area (Å²) >= 11 is 0. The van der Waals surface area contributed by atoms with Crippen LogP contribution in [-0.2, 0) is 19.6 Å². The van der Waals surface area contributed by atoms with E-state index < -0.39 is 23.1 Å². The first-order valence-corrected chi connectivity index (χ1v) is 8.79. The van der Waals surface area contributed by atoms with Gasteiger partial charge in [-0.05, 0) is 52.0 Å². The van der Waals surface area contributed by atoms with Crippen LogP contribution >= 0.6 is 0 Å². The van der Waals surface area contributed by atoms with Crippen LogP contribution in [0.5, 0.6) is 0 Å². The van der Waals surface area contributed by atoms with Crippen molar-refractivity contribution in [2.75, 3.05) is 0 Å². The Morgan fingerprint density at radius 1 is 0.643 bits per heavy atom. The maximum Gasteiger partial charge on any atom is 0.373 e. The molecule has 6 nitrogen and oxygen atoms in total. The molecule has 0 spiro atoms. The summed E-state index contributed by atoms with van der Waals surface area (Å²) in [5.41, 5.74) is -1.07. The van der Waals surface area contributed by atoms with Crippen molar-refractivity contribution in [3.63, 3.8) is 0 Å². The molecular formula is C22H24O6. The molecule has 0 aliphatic carbocycles. The third kappa shape index (κ3) is 6.98. The lowest BCUT2D eigenvalue weighted by molar-refractivity contribution is -0.297. The molecule has 0 N–H and O–H groups in total. The van der Waals surface area contributed by atoms with Crippen LogP contribution in [0.2, 0.25) is 0 Å². The highest BCUT2D eigenvalue weighted by atomic mass is 17.2. The number of rotatable bonds is 8. The number of carbonyl (C=O) groups excluding carboxylic acids is 2. The van der Waals surface area contributed by atoms with Gasteiger partial charge in [0.15, 0.2) is 0 Å². The van der Waals surface area contributed by atoms with Crippen molar-refractivity contribution in [1.29, 1.82) is 0 Å². The molecule has 2 rings (SSSR count). The van der Waals surface area contributed by atoms with Crippen LogP contribution in [-0.4, -0.2) is 23.1 Å². The zero-order valence-corrected chi connectivity index (χ0v) is 16.4. The van der Waals surface area contributed by atoms with Crippen LogP contribution in [0.1, 0.15) is 48.4 Å². The molecule has 2 aromatic rings. The van der Waals surface area contributed by atoms with Crippen LogP contribution in [0, 0.1) is 0 Å². The standard InChI is InChI=1S/C22H24O6/c1-21(2,27-25-19(23)17-11-7-5-8-12-17)15-16-22(3,4)28-26-20(24)18-13-9-6-10-14-18/h5-16H,1-4H3. The van der Waals surface area contributed by atoms with E-state index in [-0.39, 0.29) is 0 Å². The van der Waals surface area contributed by atoms with E-state index in [0.29, 0.717) is 11.1 Å². The molecule has 0 bridgehead atoms. The lowest BCUT2D eigenvalue weighted by atomic mass is 10.0. The number of hydrogen-bond acceptors (Lipinski definition) is 6. The minimum absolute atomic E-state index is 0.388. The molecule has 0 aliphatic rings. The molecular weight excluding hydrogens is 360 g/mol. The molecule has 0 unspecified atom stereocenters. The molecule has 0 amide bonds. The zero-order valence-electron chi connectivity index (χ0n) is 16.4. The van der Waals surface area contributed by atoms with Crippen LogP contribution < -0.4 is 0 Å². The average Bonchev–Trinajstić information content (AvgIpc) is 2.70. The molecule has 0 heterocycles. The van der Waals surface area contributed by atoms with Crippen molar-refractivity contribution < 1.29 is 29.1 Å². The van der Waals surface area contributed by atoms with Crippen LogP contribution in [0.3, 0.4) is 0 Å². The first-order valence-electron chi connectivity index (χ1n) is 8.79. The summed E-state index contributed by atoms with van der Waals surface area (Å²) in [6.45, 7) is 6.86. The molecule has 0 fully saturated rings. The van der Waals surface area contributed by atoms with Crippen molar-refractivity contribution in [3.8, 4) is 0 Å². The minimum Gasteiger partial charge on any atom is -0.292 e. The van der Waals surface area contributed by atoms with E-state index in [1.54, 1.807) is 101 Å². The monoisotopic (exact) mass is 384 g/mol. The number of carbonyl (C=O) groups is 2. The lowest BCUT2D eigenvalue weighted by Gasteiger charge is -2.23. The van der Waals surface area contributed by atoms with E-state index in [4.69, 9.17) is 19.6 Å². The van der Waals surface area contributed by atoms with Gasteiger partial charge in [-0.1, -0.05) is 48.6 Å². The molecule has 148 valence electrons. The normalized spacial score (nSPS) is 12.0. The molecule has 0 aliphatic heterocycles. The van der Waals surface area contributed by atoms with Gasteiger partial charge in [0.1, 0.15) is 11.2 Å². The van der Waals surface area contributed by atoms with E-state index in [1.165, 1.54) is 0 Å². The van der Waals surface area contributed by atoms with Crippen LogP contribution in [0.15, 0.2) is 72.8 Å². The van der Waals surface area contributed by atoms with Gasteiger partial charge in [0, 0.05) is 0 Å². The second-order valence-electron chi connectivity index (χ2n) is 7.18. The van der Waals surface area contributed by atoms with Crippen LogP contribution in [0.25, 0.3) is 0 Å². The Morgan fingerprint density at radius 2 is 0.964 bits per heavy atom. The predicted molar refractivity (Wildman–Crippen MR) is 103 cm³/mol. The third-order valence-electron chi connectivity index (χ3n) is 3.57. The fourth-order valence-electron chi connectivity index (χ4n) is 1.99. The highest BCUT2D eigenvalue weighted by molar-refractivity contribution is 5.89. The van der Waals surface area contributed by atoms with Gasteiger partial charge >= 0.3 is 11.9 Å². The number of benzene rings is 2. The van der Waals surface area contributed by atoms with Gasteiger partial charge in [0.2, 0.25) is 0 Å². The van der Waals surface area contributed by atoms with E-state index in [0.717, 1.165) is 0 Å². The first-order chi connectivity index (χ1) is 13.2. The second kappa shape index (κ2) is 9.30. The van der Waals surface area contributed by atoms with Gasteiger partial charge in [-0.2, -0.15) is 9.78 Å². The highest BCUT2D eigenvalue weighted by Gasteiger charge is 2.24. The Morgan fingerprint density at radius 3 is 1.29 bits per heavy atom.